The Morgan fingerprint density at radius 1 is 1.16 bits per heavy atom. The molecular weight excluding hydrogens is 244 g/mol. The number of nitrogens with one attached hydrogen (secondary N) is 2. The lowest BCUT2D eigenvalue weighted by molar-refractivity contribution is -0.142. The first-order valence-electron chi connectivity index (χ1n) is 7.38. The van der Waals surface area contributed by atoms with Crippen molar-refractivity contribution in [2.24, 2.45) is 11.8 Å². The fraction of sp³-hybridized carbons (Fsp3) is 0.857. The second-order valence-electron chi connectivity index (χ2n) is 5.87. The van der Waals surface area contributed by atoms with E-state index in [9.17, 15) is 9.59 Å². The van der Waals surface area contributed by atoms with Gasteiger partial charge in [0.05, 0.1) is 5.92 Å². The Morgan fingerprint density at radius 2 is 1.89 bits per heavy atom. The molecule has 5 heteroatoms. The molecule has 1 heterocycles. The zero-order chi connectivity index (χ0) is 13.7. The predicted molar refractivity (Wildman–Crippen MR) is 71.7 cm³/mol. The zero-order valence-electron chi connectivity index (χ0n) is 11.4. The van der Waals surface area contributed by atoms with E-state index >= 15 is 0 Å². The monoisotopic (exact) mass is 268 g/mol. The van der Waals surface area contributed by atoms with Crippen molar-refractivity contribution in [1.29, 1.82) is 0 Å². The number of hydrogen-bond acceptors (Lipinski definition) is 3. The lowest BCUT2D eigenvalue weighted by atomic mass is 9.86. The molecule has 2 rings (SSSR count). The van der Waals surface area contributed by atoms with Crippen LogP contribution in [0.15, 0.2) is 0 Å². The molecule has 1 atom stereocenters. The number of carbonyl (C=O) groups is 2. The number of carbonyl (C=O) groups excluding carboxylic acids is 1. The molecule has 1 saturated carbocycles. The molecule has 0 aromatic heterocycles. The average molecular weight is 268 g/mol. The Hall–Kier alpha value is -1.10. The summed E-state index contributed by atoms with van der Waals surface area (Å²) in [5, 5.41) is 15.3. The Bertz CT molecular complexity index is 319. The molecule has 19 heavy (non-hydrogen) atoms. The summed E-state index contributed by atoms with van der Waals surface area (Å²) >= 11 is 0. The molecule has 1 aliphatic heterocycles. The first-order valence-corrected chi connectivity index (χ1v) is 7.38. The number of amides is 1. The molecular formula is C14H24N2O3. The highest BCUT2D eigenvalue weighted by atomic mass is 16.4. The summed E-state index contributed by atoms with van der Waals surface area (Å²) in [7, 11) is 0. The SMILES string of the molecule is O=C(CC1CCCNC1)NC1CCC(C(=O)O)CC1. The molecule has 1 unspecified atom stereocenters. The van der Waals surface area contributed by atoms with Crippen molar-refractivity contribution >= 4 is 11.9 Å². The largest absolute Gasteiger partial charge is 0.481 e. The van der Waals surface area contributed by atoms with Gasteiger partial charge in [-0.2, -0.15) is 0 Å². The molecule has 1 amide bonds. The van der Waals surface area contributed by atoms with E-state index < -0.39 is 5.97 Å². The van der Waals surface area contributed by atoms with Gasteiger partial charge in [-0.15, -0.1) is 0 Å². The highest BCUT2D eigenvalue weighted by Crippen LogP contribution is 2.24. The molecule has 108 valence electrons. The summed E-state index contributed by atoms with van der Waals surface area (Å²) in [6.45, 7) is 2.01. The van der Waals surface area contributed by atoms with Crippen molar-refractivity contribution in [2.75, 3.05) is 13.1 Å². The number of aliphatic carboxylic acids is 1. The number of rotatable bonds is 4. The van der Waals surface area contributed by atoms with E-state index in [0.717, 1.165) is 38.8 Å². The molecule has 2 aliphatic rings. The minimum atomic E-state index is -0.696. The van der Waals surface area contributed by atoms with Crippen LogP contribution in [0.3, 0.4) is 0 Å². The molecule has 1 aliphatic carbocycles. The van der Waals surface area contributed by atoms with Gasteiger partial charge in [-0.3, -0.25) is 9.59 Å². The normalized spacial score (nSPS) is 31.7. The molecule has 0 radical (unpaired) electrons. The second-order valence-corrected chi connectivity index (χ2v) is 5.87. The van der Waals surface area contributed by atoms with Crippen LogP contribution in [-0.4, -0.2) is 36.1 Å². The molecule has 3 N–H and O–H groups in total. The van der Waals surface area contributed by atoms with Crippen LogP contribution in [0.25, 0.3) is 0 Å². The van der Waals surface area contributed by atoms with Gasteiger partial charge in [0.1, 0.15) is 0 Å². The minimum Gasteiger partial charge on any atom is -0.481 e. The first kappa shape index (κ1) is 14.3. The van der Waals surface area contributed by atoms with E-state index in [2.05, 4.69) is 10.6 Å². The molecule has 0 spiro atoms. The first-order chi connectivity index (χ1) is 9.15. The quantitative estimate of drug-likeness (QED) is 0.714. The third kappa shape index (κ3) is 4.49. The van der Waals surface area contributed by atoms with E-state index in [-0.39, 0.29) is 17.9 Å². The van der Waals surface area contributed by atoms with Gasteiger partial charge in [-0.1, -0.05) is 0 Å². The molecule has 0 aromatic carbocycles. The molecule has 5 nitrogen and oxygen atoms in total. The minimum absolute atomic E-state index is 0.132. The van der Waals surface area contributed by atoms with Gasteiger partial charge >= 0.3 is 5.97 Å². The van der Waals surface area contributed by atoms with Crippen molar-refractivity contribution in [3.05, 3.63) is 0 Å². The molecule has 2 fully saturated rings. The Balaban J connectivity index is 1.67. The topological polar surface area (TPSA) is 78.4 Å². The smallest absolute Gasteiger partial charge is 0.306 e. The highest BCUT2D eigenvalue weighted by molar-refractivity contribution is 5.76. The maximum atomic E-state index is 11.9. The zero-order valence-corrected chi connectivity index (χ0v) is 11.4. The average Bonchev–Trinajstić information content (AvgIpc) is 2.40. The van der Waals surface area contributed by atoms with Crippen LogP contribution in [0.4, 0.5) is 0 Å². The standard InChI is InChI=1S/C14H24N2O3/c17-13(8-10-2-1-7-15-9-10)16-12-5-3-11(4-6-12)14(18)19/h10-12,15H,1-9H2,(H,16,17)(H,18,19). The van der Waals surface area contributed by atoms with E-state index in [0.29, 0.717) is 25.2 Å². The Labute approximate surface area is 114 Å². The van der Waals surface area contributed by atoms with Crippen molar-refractivity contribution in [3.63, 3.8) is 0 Å². The van der Waals surface area contributed by atoms with Gasteiger partial charge in [0.25, 0.3) is 0 Å². The van der Waals surface area contributed by atoms with Crippen molar-refractivity contribution < 1.29 is 14.7 Å². The summed E-state index contributed by atoms with van der Waals surface area (Å²) in [6, 6.07) is 0.180. The summed E-state index contributed by atoms with van der Waals surface area (Å²) in [6.07, 6.45) is 5.85. The molecule has 1 saturated heterocycles. The van der Waals surface area contributed by atoms with E-state index in [1.165, 1.54) is 0 Å². The summed E-state index contributed by atoms with van der Waals surface area (Å²) < 4.78 is 0. The van der Waals surface area contributed by atoms with Gasteiger partial charge in [0.2, 0.25) is 5.91 Å². The summed E-state index contributed by atoms with van der Waals surface area (Å²) in [4.78, 5) is 22.8. The Kier molecular flexibility index (Phi) is 5.19. The fourth-order valence-corrected chi connectivity index (χ4v) is 3.13. The molecule has 0 bridgehead atoms. The van der Waals surface area contributed by atoms with Crippen LogP contribution in [0, 0.1) is 11.8 Å². The number of piperidine rings is 1. The fourth-order valence-electron chi connectivity index (χ4n) is 3.13. The maximum absolute atomic E-state index is 11.9. The number of carboxylic acids is 1. The summed E-state index contributed by atoms with van der Waals surface area (Å²) in [5.74, 6) is -0.315. The van der Waals surface area contributed by atoms with Crippen molar-refractivity contribution in [1.82, 2.24) is 10.6 Å². The molecule has 0 aromatic rings. The van der Waals surface area contributed by atoms with Crippen LogP contribution in [0.5, 0.6) is 0 Å². The van der Waals surface area contributed by atoms with Gasteiger partial charge in [-0.05, 0) is 57.5 Å². The van der Waals surface area contributed by atoms with Crippen LogP contribution in [0.1, 0.15) is 44.9 Å². The number of hydrogen-bond donors (Lipinski definition) is 3. The van der Waals surface area contributed by atoms with Gasteiger partial charge in [-0.25, -0.2) is 0 Å². The lowest BCUT2D eigenvalue weighted by Gasteiger charge is -2.28. The van der Waals surface area contributed by atoms with Crippen LogP contribution < -0.4 is 10.6 Å². The van der Waals surface area contributed by atoms with Gasteiger partial charge < -0.3 is 15.7 Å². The van der Waals surface area contributed by atoms with Crippen LogP contribution in [-0.2, 0) is 9.59 Å². The Morgan fingerprint density at radius 3 is 2.47 bits per heavy atom. The van der Waals surface area contributed by atoms with Crippen LogP contribution in [0.2, 0.25) is 0 Å². The summed E-state index contributed by atoms with van der Waals surface area (Å²) in [5.41, 5.74) is 0. The van der Waals surface area contributed by atoms with Gasteiger partial charge in [0, 0.05) is 12.5 Å². The predicted octanol–water partition coefficient (Wildman–Crippen LogP) is 1.14. The maximum Gasteiger partial charge on any atom is 0.306 e. The number of carboxylic acid groups (broad SMARTS) is 1. The van der Waals surface area contributed by atoms with E-state index in [1.807, 2.05) is 0 Å². The third-order valence-electron chi connectivity index (χ3n) is 4.31. The van der Waals surface area contributed by atoms with Crippen molar-refractivity contribution in [3.8, 4) is 0 Å². The second kappa shape index (κ2) is 6.89. The lowest BCUT2D eigenvalue weighted by Crippen LogP contribution is -2.40. The highest BCUT2D eigenvalue weighted by Gasteiger charge is 2.27. The third-order valence-corrected chi connectivity index (χ3v) is 4.31. The van der Waals surface area contributed by atoms with E-state index in [1.54, 1.807) is 0 Å². The van der Waals surface area contributed by atoms with Crippen molar-refractivity contribution in [2.45, 2.75) is 51.0 Å². The van der Waals surface area contributed by atoms with E-state index in [4.69, 9.17) is 5.11 Å². The van der Waals surface area contributed by atoms with Gasteiger partial charge in [0.15, 0.2) is 0 Å². The van der Waals surface area contributed by atoms with Crippen LogP contribution >= 0.6 is 0 Å².